The number of halogens is 1. The number of amides is 3. The number of benzene rings is 1. The number of carbonyl (C=O) groups excluding carboxylic acids is 4. The van der Waals surface area contributed by atoms with Gasteiger partial charge < -0.3 is 25.4 Å². The largest absolute Gasteiger partial charge is 0.434 e. The third-order valence-electron chi connectivity index (χ3n) is 6.03. The first-order valence-corrected chi connectivity index (χ1v) is 10.5. The Hall–Kier alpha value is -3.27. The summed E-state index contributed by atoms with van der Waals surface area (Å²) in [6.45, 7) is 0. The highest BCUT2D eigenvalue weighted by atomic mass is 19.1. The molecule has 3 aliphatic heterocycles. The lowest BCUT2D eigenvalue weighted by Gasteiger charge is -2.34. The quantitative estimate of drug-likeness (QED) is 0.455. The molecule has 4 rings (SSSR count). The number of cyclic esters (lactones) is 1. The van der Waals surface area contributed by atoms with Gasteiger partial charge in [-0.15, -0.1) is 0 Å². The Kier molecular flexibility index (Phi) is 6.22. The SMILES string of the molecule is O=C1CC(NC(=O)[C@@H]2CC[C@H]3CC=CC[C@H](NC(=O)c4ccc(F)cc4)C(=O)N32)C(O)O1. The molecule has 10 heteroatoms. The summed E-state index contributed by atoms with van der Waals surface area (Å²) >= 11 is 0. The number of hydrogen-bond acceptors (Lipinski definition) is 6. The molecule has 0 saturated carbocycles. The van der Waals surface area contributed by atoms with Crippen molar-refractivity contribution in [2.45, 2.75) is 62.6 Å². The Morgan fingerprint density at radius 3 is 2.47 bits per heavy atom. The van der Waals surface area contributed by atoms with Crippen LogP contribution in [0, 0.1) is 5.82 Å². The predicted molar refractivity (Wildman–Crippen MR) is 108 cm³/mol. The second-order valence-electron chi connectivity index (χ2n) is 8.17. The van der Waals surface area contributed by atoms with E-state index in [1.165, 1.54) is 17.0 Å². The summed E-state index contributed by atoms with van der Waals surface area (Å²) in [5, 5.41) is 15.1. The van der Waals surface area contributed by atoms with Crippen molar-refractivity contribution in [3.63, 3.8) is 0 Å². The van der Waals surface area contributed by atoms with Crippen molar-refractivity contribution in [3.8, 4) is 0 Å². The van der Waals surface area contributed by atoms with Crippen molar-refractivity contribution in [2.24, 2.45) is 0 Å². The Balaban J connectivity index is 1.49. The van der Waals surface area contributed by atoms with Gasteiger partial charge in [-0.3, -0.25) is 19.2 Å². The van der Waals surface area contributed by atoms with Crippen molar-refractivity contribution < 1.29 is 33.4 Å². The number of ether oxygens (including phenoxy) is 1. The molecule has 5 atom stereocenters. The maximum absolute atomic E-state index is 13.4. The van der Waals surface area contributed by atoms with Gasteiger partial charge in [0.2, 0.25) is 18.1 Å². The average molecular weight is 445 g/mol. The second-order valence-corrected chi connectivity index (χ2v) is 8.17. The van der Waals surface area contributed by atoms with Gasteiger partial charge in [0, 0.05) is 11.6 Å². The minimum Gasteiger partial charge on any atom is -0.434 e. The lowest BCUT2D eigenvalue weighted by molar-refractivity contribution is -0.155. The molecular formula is C22H24FN3O6. The average Bonchev–Trinajstić information content (AvgIpc) is 3.31. The zero-order valence-electron chi connectivity index (χ0n) is 17.2. The van der Waals surface area contributed by atoms with Gasteiger partial charge >= 0.3 is 5.97 Å². The van der Waals surface area contributed by atoms with E-state index in [0.29, 0.717) is 19.3 Å². The van der Waals surface area contributed by atoms with Crippen molar-refractivity contribution >= 4 is 23.7 Å². The highest BCUT2D eigenvalue weighted by Gasteiger charge is 2.45. The van der Waals surface area contributed by atoms with Crippen LogP contribution in [0.25, 0.3) is 0 Å². The maximum Gasteiger partial charge on any atom is 0.310 e. The van der Waals surface area contributed by atoms with E-state index >= 15 is 0 Å². The van der Waals surface area contributed by atoms with E-state index in [1.54, 1.807) is 0 Å². The predicted octanol–water partition coefficient (Wildman–Crippen LogP) is 0.384. The first-order valence-electron chi connectivity index (χ1n) is 10.5. The summed E-state index contributed by atoms with van der Waals surface area (Å²) in [6, 6.07) is 2.25. The summed E-state index contributed by atoms with van der Waals surface area (Å²) in [7, 11) is 0. The van der Waals surface area contributed by atoms with Crippen LogP contribution in [0.1, 0.15) is 42.5 Å². The normalized spacial score (nSPS) is 29.7. The molecule has 170 valence electrons. The van der Waals surface area contributed by atoms with Gasteiger partial charge in [0.15, 0.2) is 0 Å². The Labute approximate surface area is 183 Å². The van der Waals surface area contributed by atoms with Gasteiger partial charge in [0.1, 0.15) is 23.9 Å². The van der Waals surface area contributed by atoms with E-state index in [2.05, 4.69) is 15.4 Å². The number of nitrogens with one attached hydrogen (secondary N) is 2. The first kappa shape index (κ1) is 21.9. The van der Waals surface area contributed by atoms with E-state index < -0.39 is 48.0 Å². The third kappa shape index (κ3) is 4.50. The fourth-order valence-corrected chi connectivity index (χ4v) is 4.38. The number of esters is 1. The van der Waals surface area contributed by atoms with Crippen molar-refractivity contribution in [1.29, 1.82) is 0 Å². The molecule has 2 unspecified atom stereocenters. The molecule has 2 fully saturated rings. The van der Waals surface area contributed by atoms with Gasteiger partial charge in [-0.05, 0) is 49.9 Å². The van der Waals surface area contributed by atoms with Crippen LogP contribution in [0.3, 0.4) is 0 Å². The van der Waals surface area contributed by atoms with Crippen molar-refractivity contribution in [3.05, 3.63) is 47.8 Å². The molecular weight excluding hydrogens is 421 g/mol. The number of hydrogen-bond donors (Lipinski definition) is 3. The smallest absolute Gasteiger partial charge is 0.310 e. The summed E-state index contributed by atoms with van der Waals surface area (Å²) in [6.07, 6.45) is 4.06. The topological polar surface area (TPSA) is 125 Å². The summed E-state index contributed by atoms with van der Waals surface area (Å²) in [5.74, 6) is -2.45. The van der Waals surface area contributed by atoms with Gasteiger partial charge in [-0.25, -0.2) is 4.39 Å². The standard InChI is InChI=1S/C22H24FN3O6/c23-13-7-5-12(6-8-13)19(28)24-15-4-2-1-3-14-9-10-17(26(14)21(15)30)20(29)25-16-11-18(27)32-22(16)31/h1-2,5-8,14-17,22,31H,3-4,9-11H2,(H,24,28)(H,25,29)/t14-,15+,16?,17+,22?/m1/s1. The highest BCUT2D eigenvalue weighted by Crippen LogP contribution is 2.30. The van der Waals surface area contributed by atoms with E-state index in [4.69, 9.17) is 0 Å². The third-order valence-corrected chi connectivity index (χ3v) is 6.03. The number of aliphatic hydroxyl groups is 1. The molecule has 0 bridgehead atoms. The minimum absolute atomic E-state index is 0.143. The van der Waals surface area contributed by atoms with Crippen LogP contribution in [-0.2, 0) is 19.1 Å². The number of aliphatic hydroxyl groups excluding tert-OH is 1. The van der Waals surface area contributed by atoms with E-state index in [9.17, 15) is 28.7 Å². The molecule has 0 radical (unpaired) electrons. The summed E-state index contributed by atoms with van der Waals surface area (Å²) < 4.78 is 17.8. The van der Waals surface area contributed by atoms with Gasteiger partial charge in [-0.2, -0.15) is 0 Å². The molecule has 3 N–H and O–H groups in total. The van der Waals surface area contributed by atoms with Crippen molar-refractivity contribution in [1.82, 2.24) is 15.5 Å². The number of nitrogens with zero attached hydrogens (tertiary/aromatic N) is 1. The van der Waals surface area contributed by atoms with Crippen LogP contribution < -0.4 is 10.6 Å². The van der Waals surface area contributed by atoms with Crippen molar-refractivity contribution in [2.75, 3.05) is 0 Å². The molecule has 32 heavy (non-hydrogen) atoms. The van der Waals surface area contributed by atoms with E-state index in [1.807, 2.05) is 12.2 Å². The minimum atomic E-state index is -1.42. The first-order chi connectivity index (χ1) is 15.3. The van der Waals surface area contributed by atoms with Crippen LogP contribution in [0.2, 0.25) is 0 Å². The zero-order valence-corrected chi connectivity index (χ0v) is 17.2. The molecule has 0 spiro atoms. The van der Waals surface area contributed by atoms with Crippen LogP contribution in [0.15, 0.2) is 36.4 Å². The number of rotatable bonds is 4. The monoisotopic (exact) mass is 445 g/mol. The number of fused-ring (bicyclic) bond motifs is 1. The second kappa shape index (κ2) is 9.07. The maximum atomic E-state index is 13.4. The van der Waals surface area contributed by atoms with Crippen LogP contribution >= 0.6 is 0 Å². The fourth-order valence-electron chi connectivity index (χ4n) is 4.38. The van der Waals surface area contributed by atoms with Gasteiger partial charge in [-0.1, -0.05) is 12.2 Å². The summed E-state index contributed by atoms with van der Waals surface area (Å²) in [4.78, 5) is 51.7. The number of carbonyl (C=O) groups is 4. The lowest BCUT2D eigenvalue weighted by atomic mass is 10.0. The molecule has 1 aromatic rings. The van der Waals surface area contributed by atoms with Crippen LogP contribution in [0.4, 0.5) is 4.39 Å². The Morgan fingerprint density at radius 1 is 1.06 bits per heavy atom. The lowest BCUT2D eigenvalue weighted by Crippen LogP contribution is -2.57. The Bertz CT molecular complexity index is 949. The van der Waals surface area contributed by atoms with E-state index in [-0.39, 0.29) is 30.4 Å². The van der Waals surface area contributed by atoms with Gasteiger partial charge in [0.25, 0.3) is 5.91 Å². The summed E-state index contributed by atoms with van der Waals surface area (Å²) in [5.41, 5.74) is 0.220. The molecule has 1 aromatic carbocycles. The zero-order chi connectivity index (χ0) is 22.8. The molecule has 3 amide bonds. The Morgan fingerprint density at radius 2 is 1.78 bits per heavy atom. The van der Waals surface area contributed by atoms with Crippen LogP contribution in [0.5, 0.6) is 0 Å². The molecule has 9 nitrogen and oxygen atoms in total. The highest BCUT2D eigenvalue weighted by molar-refractivity contribution is 5.98. The molecule has 0 aliphatic carbocycles. The van der Waals surface area contributed by atoms with E-state index in [0.717, 1.165) is 12.1 Å². The molecule has 2 saturated heterocycles. The molecule has 0 aromatic heterocycles. The fraction of sp³-hybridized carbons (Fsp3) is 0.455. The molecule has 3 aliphatic rings. The van der Waals surface area contributed by atoms with Gasteiger partial charge in [0.05, 0.1) is 6.42 Å². The molecule has 3 heterocycles. The van der Waals surface area contributed by atoms with Crippen LogP contribution in [-0.4, -0.2) is 64.2 Å².